The quantitative estimate of drug-likeness (QED) is 0.793. The highest BCUT2D eigenvalue weighted by atomic mass is 35.5. The van der Waals surface area contributed by atoms with E-state index in [9.17, 15) is 8.42 Å². The Labute approximate surface area is 128 Å². The van der Waals surface area contributed by atoms with Crippen LogP contribution < -0.4 is 9.46 Å². The lowest BCUT2D eigenvalue weighted by atomic mass is 10.2. The standard InChI is InChI=1S/C14H16ClNO4S/c1-19-13-7-6-11(15)10-14(13)21(17,18)16-8-2-4-12-5-3-9-20-12/h3,5-7,9-10,16H,2,4,8H2,1H3. The van der Waals surface area contributed by atoms with Gasteiger partial charge in [-0.1, -0.05) is 11.6 Å². The third kappa shape index (κ3) is 4.23. The van der Waals surface area contributed by atoms with Crippen LogP contribution in [0.2, 0.25) is 5.02 Å². The fraction of sp³-hybridized carbons (Fsp3) is 0.286. The summed E-state index contributed by atoms with van der Waals surface area (Å²) in [5.74, 6) is 1.09. The van der Waals surface area contributed by atoms with Gasteiger partial charge in [-0.3, -0.25) is 0 Å². The lowest BCUT2D eigenvalue weighted by Gasteiger charge is -2.10. The van der Waals surface area contributed by atoms with Gasteiger partial charge in [-0.05, 0) is 36.8 Å². The lowest BCUT2D eigenvalue weighted by Crippen LogP contribution is -2.25. The Bertz CT molecular complexity index is 683. The average molecular weight is 330 g/mol. The van der Waals surface area contributed by atoms with Crippen LogP contribution in [0, 0.1) is 0 Å². The molecule has 0 saturated carbocycles. The highest BCUT2D eigenvalue weighted by molar-refractivity contribution is 7.89. The van der Waals surface area contributed by atoms with Crippen LogP contribution in [-0.4, -0.2) is 22.1 Å². The fourth-order valence-electron chi connectivity index (χ4n) is 1.86. The maximum Gasteiger partial charge on any atom is 0.244 e. The molecule has 1 N–H and O–H groups in total. The number of halogens is 1. The van der Waals surface area contributed by atoms with E-state index >= 15 is 0 Å². The molecule has 0 fully saturated rings. The van der Waals surface area contributed by atoms with Gasteiger partial charge in [-0.15, -0.1) is 0 Å². The van der Waals surface area contributed by atoms with Gasteiger partial charge in [-0.25, -0.2) is 13.1 Å². The van der Waals surface area contributed by atoms with Gasteiger partial charge in [0.05, 0.1) is 13.4 Å². The molecule has 114 valence electrons. The second-order valence-corrected chi connectivity index (χ2v) is 6.55. The van der Waals surface area contributed by atoms with Gasteiger partial charge in [0.2, 0.25) is 10.0 Å². The van der Waals surface area contributed by atoms with Crippen molar-refractivity contribution in [2.45, 2.75) is 17.7 Å². The second kappa shape index (κ2) is 6.98. The van der Waals surface area contributed by atoms with Gasteiger partial charge in [0.1, 0.15) is 16.4 Å². The van der Waals surface area contributed by atoms with Crippen molar-refractivity contribution in [2.75, 3.05) is 13.7 Å². The maximum absolute atomic E-state index is 12.3. The van der Waals surface area contributed by atoms with E-state index in [2.05, 4.69) is 4.72 Å². The first-order valence-corrected chi connectivity index (χ1v) is 8.24. The van der Waals surface area contributed by atoms with E-state index in [1.54, 1.807) is 18.4 Å². The Kier molecular flexibility index (Phi) is 5.27. The Morgan fingerprint density at radius 3 is 2.81 bits per heavy atom. The number of nitrogens with one attached hydrogen (secondary N) is 1. The molecule has 0 atom stereocenters. The van der Waals surface area contributed by atoms with Gasteiger partial charge in [0.25, 0.3) is 0 Å². The van der Waals surface area contributed by atoms with Crippen molar-refractivity contribution in [1.29, 1.82) is 0 Å². The van der Waals surface area contributed by atoms with Gasteiger partial charge in [-0.2, -0.15) is 0 Å². The summed E-state index contributed by atoms with van der Waals surface area (Å²) in [5.41, 5.74) is 0. The molecule has 0 aliphatic carbocycles. The van der Waals surface area contributed by atoms with Crippen LogP contribution in [0.5, 0.6) is 5.75 Å². The molecule has 1 aromatic heterocycles. The first-order chi connectivity index (χ1) is 10.0. The van der Waals surface area contributed by atoms with Crippen LogP contribution in [-0.2, 0) is 16.4 Å². The zero-order valence-electron chi connectivity index (χ0n) is 11.5. The van der Waals surface area contributed by atoms with Crippen LogP contribution in [0.15, 0.2) is 45.9 Å². The van der Waals surface area contributed by atoms with E-state index in [1.807, 2.05) is 6.07 Å². The van der Waals surface area contributed by atoms with Crippen molar-refractivity contribution in [1.82, 2.24) is 4.72 Å². The maximum atomic E-state index is 12.3. The predicted molar refractivity (Wildman–Crippen MR) is 80.2 cm³/mol. The molecule has 0 amide bonds. The smallest absolute Gasteiger partial charge is 0.244 e. The number of hydrogen-bond donors (Lipinski definition) is 1. The fourth-order valence-corrected chi connectivity index (χ4v) is 3.37. The van der Waals surface area contributed by atoms with E-state index in [4.69, 9.17) is 20.8 Å². The van der Waals surface area contributed by atoms with E-state index in [1.165, 1.54) is 19.2 Å². The van der Waals surface area contributed by atoms with Crippen molar-refractivity contribution in [2.24, 2.45) is 0 Å². The molecule has 0 aliphatic rings. The Morgan fingerprint density at radius 2 is 2.14 bits per heavy atom. The number of furan rings is 1. The van der Waals surface area contributed by atoms with Crippen molar-refractivity contribution >= 4 is 21.6 Å². The number of aryl methyl sites for hydroxylation is 1. The summed E-state index contributed by atoms with van der Waals surface area (Å²) in [7, 11) is -2.24. The predicted octanol–water partition coefficient (Wildman–Crippen LogP) is 2.85. The first kappa shape index (κ1) is 15.9. The molecule has 2 rings (SSSR count). The van der Waals surface area contributed by atoms with Gasteiger partial charge in [0, 0.05) is 18.0 Å². The normalized spacial score (nSPS) is 11.5. The summed E-state index contributed by atoms with van der Waals surface area (Å²) in [6.07, 6.45) is 2.90. The first-order valence-electron chi connectivity index (χ1n) is 6.38. The van der Waals surface area contributed by atoms with Crippen LogP contribution in [0.25, 0.3) is 0 Å². The SMILES string of the molecule is COc1ccc(Cl)cc1S(=O)(=O)NCCCc1ccco1. The zero-order chi connectivity index (χ0) is 15.3. The number of hydrogen-bond acceptors (Lipinski definition) is 4. The molecular weight excluding hydrogens is 314 g/mol. The molecule has 0 aliphatic heterocycles. The van der Waals surface area contributed by atoms with E-state index in [0.717, 1.165) is 5.76 Å². The molecule has 7 heteroatoms. The van der Waals surface area contributed by atoms with Crippen molar-refractivity contribution in [3.05, 3.63) is 47.4 Å². The van der Waals surface area contributed by atoms with E-state index in [0.29, 0.717) is 24.4 Å². The molecule has 21 heavy (non-hydrogen) atoms. The summed E-state index contributed by atoms with van der Waals surface area (Å²) < 4.78 is 37.3. The highest BCUT2D eigenvalue weighted by Gasteiger charge is 2.19. The largest absolute Gasteiger partial charge is 0.495 e. The summed E-state index contributed by atoms with van der Waals surface area (Å²) in [4.78, 5) is 0.0375. The molecule has 0 unspecified atom stereocenters. The molecule has 2 aromatic rings. The number of sulfonamides is 1. The van der Waals surface area contributed by atoms with Gasteiger partial charge < -0.3 is 9.15 Å². The minimum absolute atomic E-state index is 0.0375. The van der Waals surface area contributed by atoms with Crippen LogP contribution in [0.1, 0.15) is 12.2 Å². The summed E-state index contributed by atoms with van der Waals surface area (Å²) in [6.45, 7) is 0.304. The van der Waals surface area contributed by atoms with Crippen molar-refractivity contribution < 1.29 is 17.6 Å². The monoisotopic (exact) mass is 329 g/mol. The summed E-state index contributed by atoms with van der Waals surface area (Å²) in [5, 5.41) is 0.340. The summed E-state index contributed by atoms with van der Waals surface area (Å²) in [6, 6.07) is 8.14. The minimum atomic E-state index is -3.66. The number of ether oxygens (including phenoxy) is 1. The van der Waals surface area contributed by atoms with Crippen LogP contribution in [0.4, 0.5) is 0 Å². The van der Waals surface area contributed by atoms with Gasteiger partial charge >= 0.3 is 0 Å². The zero-order valence-corrected chi connectivity index (χ0v) is 13.1. The molecule has 1 aromatic carbocycles. The molecule has 5 nitrogen and oxygen atoms in total. The topological polar surface area (TPSA) is 68.5 Å². The molecule has 1 heterocycles. The summed E-state index contributed by atoms with van der Waals surface area (Å²) >= 11 is 5.85. The Hall–Kier alpha value is -1.50. The Morgan fingerprint density at radius 1 is 1.33 bits per heavy atom. The molecule has 0 saturated heterocycles. The van der Waals surface area contributed by atoms with Crippen molar-refractivity contribution in [3.8, 4) is 5.75 Å². The average Bonchev–Trinajstić information content (AvgIpc) is 2.97. The van der Waals surface area contributed by atoms with Crippen LogP contribution >= 0.6 is 11.6 Å². The molecular formula is C14H16ClNO4S. The highest BCUT2D eigenvalue weighted by Crippen LogP contribution is 2.26. The lowest BCUT2D eigenvalue weighted by molar-refractivity contribution is 0.402. The molecule has 0 bridgehead atoms. The third-order valence-corrected chi connectivity index (χ3v) is 4.60. The Balaban J connectivity index is 1.99. The molecule has 0 radical (unpaired) electrons. The number of rotatable bonds is 7. The second-order valence-electron chi connectivity index (χ2n) is 4.38. The minimum Gasteiger partial charge on any atom is -0.495 e. The third-order valence-electron chi connectivity index (χ3n) is 2.89. The number of benzene rings is 1. The number of methoxy groups -OCH3 is 1. The van der Waals surface area contributed by atoms with E-state index < -0.39 is 10.0 Å². The van der Waals surface area contributed by atoms with Gasteiger partial charge in [0.15, 0.2) is 0 Å². The molecule has 0 spiro atoms. The van der Waals surface area contributed by atoms with Crippen LogP contribution in [0.3, 0.4) is 0 Å². The van der Waals surface area contributed by atoms with Crippen molar-refractivity contribution in [3.63, 3.8) is 0 Å². The van der Waals surface area contributed by atoms with E-state index in [-0.39, 0.29) is 10.6 Å².